The van der Waals surface area contributed by atoms with Gasteiger partial charge in [-0.25, -0.2) is 4.68 Å². The van der Waals surface area contributed by atoms with Crippen molar-refractivity contribution in [3.05, 3.63) is 100 Å². The van der Waals surface area contributed by atoms with Gasteiger partial charge in [-0.1, -0.05) is 41.9 Å². The number of carbonyl (C=O) groups is 2. The first-order chi connectivity index (χ1) is 17.0. The van der Waals surface area contributed by atoms with E-state index in [1.165, 1.54) is 10.9 Å². The van der Waals surface area contributed by atoms with Gasteiger partial charge in [0.25, 0.3) is 5.91 Å². The van der Waals surface area contributed by atoms with E-state index in [4.69, 9.17) is 16.0 Å². The Morgan fingerprint density at radius 2 is 1.83 bits per heavy atom. The van der Waals surface area contributed by atoms with Crippen molar-refractivity contribution in [1.82, 2.24) is 14.8 Å². The molecule has 35 heavy (non-hydrogen) atoms. The Balaban J connectivity index is 1.58. The average Bonchev–Trinajstić information content (AvgIpc) is 3.59. The van der Waals surface area contributed by atoms with Gasteiger partial charge in [-0.3, -0.25) is 9.59 Å². The molecule has 1 aliphatic heterocycles. The van der Waals surface area contributed by atoms with Gasteiger partial charge in [0.2, 0.25) is 0 Å². The highest BCUT2D eigenvalue weighted by Gasteiger charge is 2.37. The molecule has 0 unspecified atom stereocenters. The zero-order valence-electron chi connectivity index (χ0n) is 18.3. The number of nitrogens with zero attached hydrogens (tertiary/aromatic N) is 5. The van der Waals surface area contributed by atoms with Crippen LogP contribution in [0.1, 0.15) is 28.5 Å². The number of amides is 2. The van der Waals surface area contributed by atoms with Crippen molar-refractivity contribution in [2.45, 2.75) is 6.92 Å². The average molecular weight is 482 g/mol. The molecule has 0 atom stereocenters. The summed E-state index contributed by atoms with van der Waals surface area (Å²) in [4.78, 5) is 26.6. The van der Waals surface area contributed by atoms with E-state index < -0.39 is 11.8 Å². The molecule has 0 aliphatic carbocycles. The Morgan fingerprint density at radius 3 is 2.49 bits per heavy atom. The fraction of sp³-hybridized carbons (Fsp3) is 0.0385. The third kappa shape index (κ3) is 3.94. The van der Waals surface area contributed by atoms with Crippen LogP contribution in [-0.2, 0) is 4.79 Å². The summed E-state index contributed by atoms with van der Waals surface area (Å²) in [5, 5.41) is 19.9. The van der Waals surface area contributed by atoms with Crippen LogP contribution in [0, 0.1) is 11.3 Å². The number of nitriles is 1. The predicted molar refractivity (Wildman–Crippen MR) is 130 cm³/mol. The van der Waals surface area contributed by atoms with Gasteiger partial charge in [0.05, 0.1) is 23.2 Å². The van der Waals surface area contributed by atoms with Crippen LogP contribution in [0.2, 0.25) is 5.02 Å². The summed E-state index contributed by atoms with van der Waals surface area (Å²) in [6.07, 6.45) is 3.10. The maximum atomic E-state index is 13.5. The lowest BCUT2D eigenvalue weighted by Crippen LogP contribution is -2.30. The number of hydrazone groups is 1. The lowest BCUT2D eigenvalue weighted by molar-refractivity contribution is -0.123. The van der Waals surface area contributed by atoms with Gasteiger partial charge in [0, 0.05) is 5.02 Å². The Bertz CT molecular complexity index is 1540. The predicted octanol–water partition coefficient (Wildman–Crippen LogP) is 5.10. The van der Waals surface area contributed by atoms with E-state index >= 15 is 0 Å². The molecule has 2 aromatic carbocycles. The molecule has 9 heteroatoms. The van der Waals surface area contributed by atoms with Gasteiger partial charge in [0.15, 0.2) is 11.5 Å². The molecular formula is C26H16ClN5O3. The summed E-state index contributed by atoms with van der Waals surface area (Å²) in [7, 11) is 0. The molecule has 170 valence electrons. The summed E-state index contributed by atoms with van der Waals surface area (Å²) in [5.41, 5.74) is 2.04. The van der Waals surface area contributed by atoms with Gasteiger partial charge in [0.1, 0.15) is 17.3 Å². The molecule has 2 aromatic heterocycles. The van der Waals surface area contributed by atoms with E-state index in [0.717, 1.165) is 10.6 Å². The quantitative estimate of drug-likeness (QED) is 0.298. The Hall–Kier alpha value is -4.74. The molecule has 8 nitrogen and oxygen atoms in total. The molecule has 0 radical (unpaired) electrons. The number of imide groups is 1. The van der Waals surface area contributed by atoms with E-state index in [2.05, 4.69) is 16.3 Å². The van der Waals surface area contributed by atoms with E-state index in [9.17, 15) is 14.9 Å². The first-order valence-corrected chi connectivity index (χ1v) is 10.9. The summed E-state index contributed by atoms with van der Waals surface area (Å²) < 4.78 is 6.97. The Labute approximate surface area is 205 Å². The number of para-hydroxylation sites is 1. The number of halogens is 1. The number of hydrogen-bond acceptors (Lipinski definition) is 6. The molecule has 3 heterocycles. The third-order valence-electron chi connectivity index (χ3n) is 5.39. The number of benzene rings is 2. The Morgan fingerprint density at radius 1 is 1.09 bits per heavy atom. The van der Waals surface area contributed by atoms with Crippen LogP contribution in [0.5, 0.6) is 0 Å². The highest BCUT2D eigenvalue weighted by molar-refractivity contribution is 6.31. The summed E-state index contributed by atoms with van der Waals surface area (Å²) in [5.74, 6) is -1.07. The van der Waals surface area contributed by atoms with Gasteiger partial charge >= 0.3 is 5.91 Å². The number of aromatic nitrogens is 2. The smallest absolute Gasteiger partial charge is 0.303 e. The molecule has 0 N–H and O–H groups in total. The molecule has 0 bridgehead atoms. The van der Waals surface area contributed by atoms with E-state index in [1.807, 2.05) is 18.2 Å². The molecule has 0 spiro atoms. The van der Waals surface area contributed by atoms with Crippen molar-refractivity contribution < 1.29 is 14.0 Å². The molecule has 0 saturated carbocycles. The Kier molecular flexibility index (Phi) is 5.61. The van der Waals surface area contributed by atoms with Gasteiger partial charge in [-0.05, 0) is 55.0 Å². The second-order valence-corrected chi connectivity index (χ2v) is 8.06. The van der Waals surface area contributed by atoms with Crippen LogP contribution >= 0.6 is 11.6 Å². The van der Waals surface area contributed by atoms with Crippen molar-refractivity contribution in [2.75, 3.05) is 0 Å². The van der Waals surface area contributed by atoms with Crippen molar-refractivity contribution in [1.29, 1.82) is 5.26 Å². The number of hydrogen-bond donors (Lipinski definition) is 0. The fourth-order valence-electron chi connectivity index (χ4n) is 3.72. The zero-order chi connectivity index (χ0) is 24.5. The second kappa shape index (κ2) is 8.89. The van der Waals surface area contributed by atoms with Crippen LogP contribution < -0.4 is 0 Å². The fourth-order valence-corrected chi connectivity index (χ4v) is 3.84. The second-order valence-electron chi connectivity index (χ2n) is 7.63. The SMILES string of the molecule is CC1=NN(C(=O)c2nn(-c3ccccc3)c(-c3ccco3)c2C#N)C(=O)C1=Cc1ccc(Cl)cc1. The van der Waals surface area contributed by atoms with Crippen molar-refractivity contribution in [2.24, 2.45) is 5.10 Å². The number of rotatable bonds is 4. The van der Waals surface area contributed by atoms with E-state index in [0.29, 0.717) is 27.9 Å². The third-order valence-corrected chi connectivity index (χ3v) is 5.64. The van der Waals surface area contributed by atoms with Gasteiger partial charge in [-0.15, -0.1) is 0 Å². The van der Waals surface area contributed by atoms with Crippen molar-refractivity contribution >= 4 is 35.2 Å². The minimum atomic E-state index is -0.812. The van der Waals surface area contributed by atoms with Crippen LogP contribution in [0.25, 0.3) is 23.2 Å². The van der Waals surface area contributed by atoms with Gasteiger partial charge in [-0.2, -0.15) is 20.5 Å². The van der Waals surface area contributed by atoms with E-state index in [1.54, 1.807) is 61.5 Å². The first-order valence-electron chi connectivity index (χ1n) is 10.5. The maximum Gasteiger partial charge on any atom is 0.303 e. The monoisotopic (exact) mass is 481 g/mol. The van der Waals surface area contributed by atoms with Crippen LogP contribution in [0.15, 0.2) is 88.1 Å². The van der Waals surface area contributed by atoms with Crippen molar-refractivity contribution in [3.8, 4) is 23.2 Å². The van der Waals surface area contributed by atoms with Crippen LogP contribution in [-0.4, -0.2) is 32.3 Å². The summed E-state index contributed by atoms with van der Waals surface area (Å²) in [6, 6.07) is 21.3. The first kappa shape index (κ1) is 22.1. The molecule has 5 rings (SSSR count). The number of furan rings is 1. The standard InChI is InChI=1S/C26H16ClN5O3/c1-16-20(14-17-9-11-18(27)12-10-17)25(33)32(29-16)26(34)23-21(15-28)24(22-8-5-13-35-22)31(30-23)19-6-3-2-4-7-19/h2-14H,1H3. The number of carbonyl (C=O) groups excluding carboxylic acids is 2. The molecular weight excluding hydrogens is 466 g/mol. The normalized spacial score (nSPS) is 14.3. The lowest BCUT2D eigenvalue weighted by atomic mass is 10.1. The highest BCUT2D eigenvalue weighted by atomic mass is 35.5. The summed E-state index contributed by atoms with van der Waals surface area (Å²) >= 11 is 5.94. The zero-order valence-corrected chi connectivity index (χ0v) is 19.1. The minimum absolute atomic E-state index is 0.0235. The van der Waals surface area contributed by atoms with Crippen molar-refractivity contribution in [3.63, 3.8) is 0 Å². The topological polar surface area (TPSA) is 104 Å². The van der Waals surface area contributed by atoms with Crippen LogP contribution in [0.3, 0.4) is 0 Å². The lowest BCUT2D eigenvalue weighted by Gasteiger charge is -2.08. The molecule has 1 aliphatic rings. The molecule has 0 fully saturated rings. The maximum absolute atomic E-state index is 13.5. The van der Waals surface area contributed by atoms with Crippen LogP contribution in [0.4, 0.5) is 0 Å². The van der Waals surface area contributed by atoms with E-state index in [-0.39, 0.29) is 16.8 Å². The largest absolute Gasteiger partial charge is 0.463 e. The van der Waals surface area contributed by atoms with Gasteiger partial charge < -0.3 is 4.42 Å². The molecule has 0 saturated heterocycles. The highest BCUT2D eigenvalue weighted by Crippen LogP contribution is 2.31. The minimum Gasteiger partial charge on any atom is -0.463 e. The molecule has 4 aromatic rings. The molecule has 2 amide bonds. The summed E-state index contributed by atoms with van der Waals surface area (Å²) in [6.45, 7) is 1.63.